The van der Waals surface area contributed by atoms with Crippen LogP contribution in [0.5, 0.6) is 0 Å². The van der Waals surface area contributed by atoms with Crippen LogP contribution in [-0.4, -0.2) is 25.3 Å². The summed E-state index contributed by atoms with van der Waals surface area (Å²) in [6.45, 7) is 11.2. The van der Waals surface area contributed by atoms with Crippen molar-refractivity contribution in [2.24, 2.45) is 10.8 Å². The molecule has 0 amide bonds. The van der Waals surface area contributed by atoms with Crippen LogP contribution in [0, 0.1) is 10.8 Å². The summed E-state index contributed by atoms with van der Waals surface area (Å²) < 4.78 is 5.87. The van der Waals surface area contributed by atoms with Gasteiger partial charge in [-0.25, -0.2) is 0 Å². The Balaban J connectivity index is 1.83. The van der Waals surface area contributed by atoms with Crippen molar-refractivity contribution in [3.8, 4) is 0 Å². The summed E-state index contributed by atoms with van der Waals surface area (Å²) in [7, 11) is 0. The zero-order chi connectivity index (χ0) is 13.2. The molecule has 1 N–H and O–H groups in total. The molecular formula is C16H31NO. The fourth-order valence-electron chi connectivity index (χ4n) is 3.74. The lowest BCUT2D eigenvalue weighted by molar-refractivity contribution is -0.128. The smallest absolute Gasteiger partial charge is 0.0658 e. The van der Waals surface area contributed by atoms with Gasteiger partial charge < -0.3 is 10.1 Å². The van der Waals surface area contributed by atoms with Gasteiger partial charge in [-0.1, -0.05) is 27.2 Å². The predicted octanol–water partition coefficient (Wildman–Crippen LogP) is 3.75. The maximum Gasteiger partial charge on any atom is 0.0658 e. The van der Waals surface area contributed by atoms with Crippen LogP contribution >= 0.6 is 0 Å². The molecule has 2 heteroatoms. The third-order valence-corrected chi connectivity index (χ3v) is 6.00. The second-order valence-corrected chi connectivity index (χ2v) is 6.68. The second kappa shape index (κ2) is 5.50. The van der Waals surface area contributed by atoms with E-state index in [1.54, 1.807) is 0 Å². The maximum atomic E-state index is 5.87. The average molecular weight is 253 g/mol. The lowest BCUT2D eigenvalue weighted by Crippen LogP contribution is -2.63. The first-order valence-corrected chi connectivity index (χ1v) is 7.95. The fraction of sp³-hybridized carbons (Fsp3) is 1.00. The molecule has 0 heterocycles. The first kappa shape index (κ1) is 14.3. The Labute approximate surface area is 113 Å². The van der Waals surface area contributed by atoms with E-state index in [1.807, 2.05) is 0 Å². The van der Waals surface area contributed by atoms with Crippen LogP contribution in [-0.2, 0) is 4.74 Å². The van der Waals surface area contributed by atoms with Crippen LogP contribution in [0.2, 0.25) is 0 Å². The van der Waals surface area contributed by atoms with Gasteiger partial charge in [0.2, 0.25) is 0 Å². The van der Waals surface area contributed by atoms with Crippen molar-refractivity contribution in [3.05, 3.63) is 0 Å². The molecule has 3 atom stereocenters. The topological polar surface area (TPSA) is 21.3 Å². The first-order valence-electron chi connectivity index (χ1n) is 7.95. The van der Waals surface area contributed by atoms with E-state index < -0.39 is 0 Å². The zero-order valence-electron chi connectivity index (χ0n) is 12.7. The number of rotatable bonds is 7. The highest BCUT2D eigenvalue weighted by Crippen LogP contribution is 2.48. The van der Waals surface area contributed by atoms with Crippen molar-refractivity contribution in [2.75, 3.05) is 13.2 Å². The normalized spacial score (nSPS) is 38.0. The second-order valence-electron chi connectivity index (χ2n) is 6.68. The van der Waals surface area contributed by atoms with E-state index in [9.17, 15) is 0 Å². The summed E-state index contributed by atoms with van der Waals surface area (Å²) in [6.07, 6.45) is 8.54. The minimum absolute atomic E-state index is 0.356. The van der Waals surface area contributed by atoms with Gasteiger partial charge in [-0.3, -0.25) is 0 Å². The maximum absolute atomic E-state index is 5.87. The van der Waals surface area contributed by atoms with E-state index in [2.05, 4.69) is 33.0 Å². The number of hydrogen-bond acceptors (Lipinski definition) is 2. The molecule has 2 aliphatic carbocycles. The zero-order valence-corrected chi connectivity index (χ0v) is 12.7. The molecule has 2 fully saturated rings. The first-order chi connectivity index (χ1) is 8.60. The SMILES string of the molecule is CCOC1CC(NCC2(CC)CCC2)C1(C)CC. The number of nitrogens with one attached hydrogen (secondary N) is 1. The fourth-order valence-corrected chi connectivity index (χ4v) is 3.74. The Kier molecular flexibility index (Phi) is 4.38. The van der Waals surface area contributed by atoms with Crippen molar-refractivity contribution < 1.29 is 4.74 Å². The summed E-state index contributed by atoms with van der Waals surface area (Å²) in [5.74, 6) is 0. The molecular weight excluding hydrogens is 222 g/mol. The van der Waals surface area contributed by atoms with Gasteiger partial charge in [-0.2, -0.15) is 0 Å². The van der Waals surface area contributed by atoms with Crippen LogP contribution in [0.25, 0.3) is 0 Å². The third kappa shape index (κ3) is 2.34. The van der Waals surface area contributed by atoms with E-state index in [0.29, 0.717) is 23.0 Å². The van der Waals surface area contributed by atoms with Crippen molar-refractivity contribution in [2.45, 2.75) is 78.4 Å². The number of ether oxygens (including phenoxy) is 1. The molecule has 2 nitrogen and oxygen atoms in total. The molecule has 18 heavy (non-hydrogen) atoms. The molecule has 2 rings (SSSR count). The van der Waals surface area contributed by atoms with Crippen LogP contribution in [0.4, 0.5) is 0 Å². The van der Waals surface area contributed by atoms with E-state index in [0.717, 1.165) is 6.61 Å². The van der Waals surface area contributed by atoms with E-state index >= 15 is 0 Å². The third-order valence-electron chi connectivity index (χ3n) is 6.00. The molecule has 0 aromatic rings. The van der Waals surface area contributed by atoms with Crippen LogP contribution < -0.4 is 5.32 Å². The van der Waals surface area contributed by atoms with Gasteiger partial charge in [0, 0.05) is 24.6 Å². The molecule has 0 aromatic carbocycles. The van der Waals surface area contributed by atoms with Gasteiger partial charge in [-0.15, -0.1) is 0 Å². The van der Waals surface area contributed by atoms with Gasteiger partial charge in [0.1, 0.15) is 0 Å². The molecule has 0 aliphatic heterocycles. The molecule has 0 saturated heterocycles. The minimum atomic E-state index is 0.356. The predicted molar refractivity (Wildman–Crippen MR) is 76.8 cm³/mol. The monoisotopic (exact) mass is 253 g/mol. The van der Waals surface area contributed by atoms with Crippen molar-refractivity contribution in [1.29, 1.82) is 0 Å². The molecule has 2 saturated carbocycles. The highest BCUT2D eigenvalue weighted by Gasteiger charge is 2.51. The molecule has 2 aliphatic rings. The standard InChI is InChI=1S/C16H31NO/c1-5-15(4)13(11-14(15)18-7-3)17-12-16(6-2)9-8-10-16/h13-14,17H,5-12H2,1-4H3. The van der Waals surface area contributed by atoms with Gasteiger partial charge in [0.25, 0.3) is 0 Å². The van der Waals surface area contributed by atoms with Crippen molar-refractivity contribution >= 4 is 0 Å². The Morgan fingerprint density at radius 3 is 2.33 bits per heavy atom. The van der Waals surface area contributed by atoms with Gasteiger partial charge >= 0.3 is 0 Å². The average Bonchev–Trinajstić information content (AvgIpc) is 2.34. The van der Waals surface area contributed by atoms with Gasteiger partial charge in [-0.05, 0) is 44.4 Å². The van der Waals surface area contributed by atoms with Crippen molar-refractivity contribution in [3.63, 3.8) is 0 Å². The summed E-state index contributed by atoms with van der Waals surface area (Å²) in [5.41, 5.74) is 0.986. The van der Waals surface area contributed by atoms with Gasteiger partial charge in [0.15, 0.2) is 0 Å². The molecule has 0 radical (unpaired) electrons. The summed E-state index contributed by atoms with van der Waals surface area (Å²) in [5, 5.41) is 3.86. The molecule has 3 unspecified atom stereocenters. The molecule has 0 aromatic heterocycles. The van der Waals surface area contributed by atoms with Crippen LogP contribution in [0.15, 0.2) is 0 Å². The highest BCUT2D eigenvalue weighted by molar-refractivity contribution is 5.05. The highest BCUT2D eigenvalue weighted by atomic mass is 16.5. The summed E-state index contributed by atoms with van der Waals surface area (Å²) >= 11 is 0. The lowest BCUT2D eigenvalue weighted by atomic mass is 9.60. The van der Waals surface area contributed by atoms with E-state index in [-0.39, 0.29) is 0 Å². The minimum Gasteiger partial charge on any atom is -0.378 e. The summed E-state index contributed by atoms with van der Waals surface area (Å²) in [4.78, 5) is 0. The quantitative estimate of drug-likeness (QED) is 0.746. The Bertz CT molecular complexity index is 269. The van der Waals surface area contributed by atoms with Crippen LogP contribution in [0.1, 0.15) is 66.2 Å². The molecule has 106 valence electrons. The van der Waals surface area contributed by atoms with E-state index in [1.165, 1.54) is 45.1 Å². The van der Waals surface area contributed by atoms with Crippen molar-refractivity contribution in [1.82, 2.24) is 5.32 Å². The lowest BCUT2D eigenvalue weighted by Gasteiger charge is -2.55. The van der Waals surface area contributed by atoms with E-state index in [4.69, 9.17) is 4.74 Å². The Morgan fingerprint density at radius 2 is 1.89 bits per heavy atom. The summed E-state index contributed by atoms with van der Waals surface area (Å²) in [6, 6.07) is 0.670. The van der Waals surface area contributed by atoms with Gasteiger partial charge in [0.05, 0.1) is 6.10 Å². The largest absolute Gasteiger partial charge is 0.378 e. The Morgan fingerprint density at radius 1 is 1.17 bits per heavy atom. The molecule has 0 spiro atoms. The molecule has 0 bridgehead atoms. The van der Waals surface area contributed by atoms with Crippen LogP contribution in [0.3, 0.4) is 0 Å². The number of hydrogen-bond donors (Lipinski definition) is 1. The Hall–Kier alpha value is -0.0800.